The van der Waals surface area contributed by atoms with E-state index in [-0.39, 0.29) is 21.7 Å². The Kier molecular flexibility index (Phi) is 13.9. The minimum Gasteiger partial charge on any atom is -0.380 e. The molecule has 0 spiro atoms. The van der Waals surface area contributed by atoms with Gasteiger partial charge in [-0.2, -0.15) is 0 Å². The van der Waals surface area contributed by atoms with Gasteiger partial charge in [0.15, 0.2) is 0 Å². The lowest BCUT2D eigenvalue weighted by Gasteiger charge is -2.40. The lowest BCUT2D eigenvalue weighted by atomic mass is 9.84. The summed E-state index contributed by atoms with van der Waals surface area (Å²) in [5.74, 6) is 0. The highest BCUT2D eigenvalue weighted by Crippen LogP contribution is 2.34. The van der Waals surface area contributed by atoms with Crippen LogP contribution in [0.3, 0.4) is 0 Å². The second kappa shape index (κ2) is 17.9. The monoisotopic (exact) mass is 668 g/mol. The van der Waals surface area contributed by atoms with Gasteiger partial charge in [-0.15, -0.1) is 0 Å². The zero-order chi connectivity index (χ0) is 33.8. The van der Waals surface area contributed by atoms with Crippen molar-refractivity contribution in [1.82, 2.24) is 0 Å². The molecule has 2 aromatic rings. The Morgan fingerprint density at radius 3 is 0.688 bits per heavy atom. The molecule has 2 aromatic carbocycles. The molecule has 8 nitrogen and oxygen atoms in total. The molecule has 4 heterocycles. The molecule has 0 radical (unpaired) electrons. The minimum absolute atomic E-state index is 0.258. The molecule has 0 aliphatic carbocycles. The molecule has 0 saturated carbocycles. The molecule has 0 atom stereocenters. The van der Waals surface area contributed by atoms with Crippen molar-refractivity contribution in [3.63, 3.8) is 0 Å². The highest BCUT2D eigenvalue weighted by molar-refractivity contribution is 5.22. The summed E-state index contributed by atoms with van der Waals surface area (Å²) in [7, 11) is 0. The van der Waals surface area contributed by atoms with Gasteiger partial charge in [-0.3, -0.25) is 0 Å². The standard InChI is InChI=1S/2C20H30O4/c2*1-3-19(13-23-14-19)11-21-9-17-5-7-18(8-6-17)10-22-12-20(4-2)15-24-16-20/h2*5-8H,3-4,9-16H2,1-2H3. The maximum absolute atomic E-state index is 5.90. The number of rotatable bonds is 20. The van der Waals surface area contributed by atoms with E-state index >= 15 is 0 Å². The number of benzene rings is 2. The van der Waals surface area contributed by atoms with Gasteiger partial charge in [0.2, 0.25) is 0 Å². The third-order valence-electron chi connectivity index (χ3n) is 11.0. The average Bonchev–Trinajstić information content (AvgIpc) is 3.04. The average molecular weight is 669 g/mol. The van der Waals surface area contributed by atoms with Crippen molar-refractivity contribution < 1.29 is 37.9 Å². The van der Waals surface area contributed by atoms with E-state index in [0.717, 1.165) is 105 Å². The predicted molar refractivity (Wildman–Crippen MR) is 186 cm³/mol. The van der Waals surface area contributed by atoms with Crippen molar-refractivity contribution >= 4 is 0 Å². The molecular weight excluding hydrogens is 608 g/mol. The van der Waals surface area contributed by atoms with Crippen LogP contribution in [0.5, 0.6) is 0 Å². The third-order valence-corrected chi connectivity index (χ3v) is 11.0. The molecule has 0 amide bonds. The van der Waals surface area contributed by atoms with Crippen LogP contribution in [0.15, 0.2) is 48.5 Å². The molecule has 4 fully saturated rings. The molecule has 268 valence electrons. The second-order valence-electron chi connectivity index (χ2n) is 15.0. The summed E-state index contributed by atoms with van der Waals surface area (Å²) in [4.78, 5) is 0. The van der Waals surface area contributed by atoms with Crippen LogP contribution >= 0.6 is 0 Å². The number of ether oxygens (including phenoxy) is 8. The van der Waals surface area contributed by atoms with Crippen LogP contribution in [0.1, 0.15) is 75.6 Å². The van der Waals surface area contributed by atoms with Crippen LogP contribution in [-0.4, -0.2) is 79.3 Å². The fraction of sp³-hybridized carbons (Fsp3) is 0.700. The summed E-state index contributed by atoms with van der Waals surface area (Å²) in [5.41, 5.74) is 5.88. The van der Waals surface area contributed by atoms with Crippen LogP contribution < -0.4 is 0 Å². The predicted octanol–water partition coefficient (Wildman–Crippen LogP) is 7.15. The van der Waals surface area contributed by atoms with Crippen molar-refractivity contribution in [2.75, 3.05) is 79.3 Å². The topological polar surface area (TPSA) is 73.8 Å². The van der Waals surface area contributed by atoms with E-state index < -0.39 is 0 Å². The van der Waals surface area contributed by atoms with Gasteiger partial charge < -0.3 is 37.9 Å². The number of hydrogen-bond acceptors (Lipinski definition) is 8. The molecule has 0 unspecified atom stereocenters. The lowest BCUT2D eigenvalue weighted by molar-refractivity contribution is -0.152. The Labute approximate surface area is 289 Å². The summed E-state index contributed by atoms with van der Waals surface area (Å²) in [5, 5.41) is 0. The first-order valence-electron chi connectivity index (χ1n) is 18.2. The summed E-state index contributed by atoms with van der Waals surface area (Å²) in [6.45, 7) is 21.3. The molecule has 0 N–H and O–H groups in total. The fourth-order valence-corrected chi connectivity index (χ4v) is 6.13. The van der Waals surface area contributed by atoms with Crippen molar-refractivity contribution in [1.29, 1.82) is 0 Å². The molecule has 4 aliphatic heterocycles. The highest BCUT2D eigenvalue weighted by Gasteiger charge is 2.39. The van der Waals surface area contributed by atoms with Gasteiger partial charge in [0.25, 0.3) is 0 Å². The van der Waals surface area contributed by atoms with Crippen LogP contribution in [0.4, 0.5) is 0 Å². The maximum atomic E-state index is 5.90. The molecule has 4 saturated heterocycles. The lowest BCUT2D eigenvalue weighted by Crippen LogP contribution is -2.45. The van der Waals surface area contributed by atoms with E-state index in [4.69, 9.17) is 37.9 Å². The highest BCUT2D eigenvalue weighted by atomic mass is 16.5. The van der Waals surface area contributed by atoms with E-state index in [1.54, 1.807) is 0 Å². The Balaban J connectivity index is 0.000000188. The van der Waals surface area contributed by atoms with Crippen LogP contribution in [0.25, 0.3) is 0 Å². The molecule has 0 aromatic heterocycles. The van der Waals surface area contributed by atoms with Crippen LogP contribution in [-0.2, 0) is 64.3 Å². The van der Waals surface area contributed by atoms with Crippen molar-refractivity contribution in [2.45, 2.75) is 79.8 Å². The van der Waals surface area contributed by atoms with E-state index in [0.29, 0.717) is 26.4 Å². The summed E-state index contributed by atoms with van der Waals surface area (Å²) >= 11 is 0. The smallest absolute Gasteiger partial charge is 0.0717 e. The zero-order valence-corrected chi connectivity index (χ0v) is 30.0. The van der Waals surface area contributed by atoms with Crippen LogP contribution in [0.2, 0.25) is 0 Å². The molecule has 48 heavy (non-hydrogen) atoms. The van der Waals surface area contributed by atoms with Gasteiger partial charge in [-0.25, -0.2) is 0 Å². The Hall–Kier alpha value is -1.88. The molecule has 0 bridgehead atoms. The Bertz CT molecular complexity index is 985. The second-order valence-corrected chi connectivity index (χ2v) is 15.0. The summed E-state index contributed by atoms with van der Waals surface area (Å²) in [6.07, 6.45) is 4.47. The first kappa shape index (κ1) is 37.4. The van der Waals surface area contributed by atoms with E-state index in [2.05, 4.69) is 76.2 Å². The molecular formula is C40H60O8. The van der Waals surface area contributed by atoms with Gasteiger partial charge in [-0.1, -0.05) is 76.2 Å². The number of hydrogen-bond donors (Lipinski definition) is 0. The molecule has 8 heteroatoms. The Morgan fingerprint density at radius 1 is 0.375 bits per heavy atom. The van der Waals surface area contributed by atoms with Crippen molar-refractivity contribution in [2.24, 2.45) is 21.7 Å². The summed E-state index contributed by atoms with van der Waals surface area (Å²) < 4.78 is 44.9. The van der Waals surface area contributed by atoms with Gasteiger partial charge >= 0.3 is 0 Å². The Morgan fingerprint density at radius 2 is 0.562 bits per heavy atom. The first-order chi connectivity index (χ1) is 23.4. The fourth-order valence-electron chi connectivity index (χ4n) is 6.13. The summed E-state index contributed by atoms with van der Waals surface area (Å²) in [6, 6.07) is 17.1. The maximum Gasteiger partial charge on any atom is 0.0717 e. The van der Waals surface area contributed by atoms with Gasteiger partial charge in [0.05, 0.1) is 106 Å². The van der Waals surface area contributed by atoms with E-state index in [1.807, 2.05) is 0 Å². The molecule has 4 aliphatic rings. The van der Waals surface area contributed by atoms with Crippen LogP contribution in [0, 0.1) is 21.7 Å². The van der Waals surface area contributed by atoms with Gasteiger partial charge in [0, 0.05) is 21.7 Å². The van der Waals surface area contributed by atoms with Crippen molar-refractivity contribution in [3.05, 3.63) is 70.8 Å². The quantitative estimate of drug-likeness (QED) is 0.147. The van der Waals surface area contributed by atoms with Gasteiger partial charge in [0.1, 0.15) is 0 Å². The molecule has 6 rings (SSSR count). The zero-order valence-electron chi connectivity index (χ0n) is 30.0. The van der Waals surface area contributed by atoms with E-state index in [1.165, 1.54) is 22.3 Å². The minimum atomic E-state index is 0.258. The van der Waals surface area contributed by atoms with Gasteiger partial charge in [-0.05, 0) is 47.9 Å². The van der Waals surface area contributed by atoms with Crippen molar-refractivity contribution in [3.8, 4) is 0 Å². The van der Waals surface area contributed by atoms with E-state index in [9.17, 15) is 0 Å². The SMILES string of the molecule is CCC1(COCc2ccc(COCC3(CC)COC3)cc2)COC1.CCC1(COCc2ccc(COCC3(CC)COC3)cc2)COC1. The largest absolute Gasteiger partial charge is 0.380 e. The third kappa shape index (κ3) is 10.1. The first-order valence-corrected chi connectivity index (χ1v) is 18.2. The normalized spacial score (nSPS) is 21.1.